The molecule has 0 aliphatic carbocycles. The molecule has 0 aliphatic rings. The molecule has 98 valence electrons. The van der Waals surface area contributed by atoms with E-state index in [0.29, 0.717) is 0 Å². The van der Waals surface area contributed by atoms with Gasteiger partial charge in [-0.05, 0) is 18.6 Å². The lowest BCUT2D eigenvalue weighted by Crippen LogP contribution is -1.96. The van der Waals surface area contributed by atoms with Gasteiger partial charge in [0.25, 0.3) is 0 Å². The summed E-state index contributed by atoms with van der Waals surface area (Å²) >= 11 is 0. The summed E-state index contributed by atoms with van der Waals surface area (Å²) in [6.45, 7) is 3.08. The molecule has 0 bridgehead atoms. The van der Waals surface area contributed by atoms with Gasteiger partial charge in [-0.1, -0.05) is 51.2 Å². The monoisotopic (exact) mass is 245 g/mol. The summed E-state index contributed by atoms with van der Waals surface area (Å²) in [6.07, 6.45) is 9.77. The van der Waals surface area contributed by atoms with Crippen LogP contribution >= 0.6 is 0 Å². The molecule has 0 atom stereocenters. The standard InChI is InChI=1S/C16H23NO/c1-2-3-4-5-6-9-12-18-16-13-17-15-11-8-7-10-14(15)16/h7-8,10-11,13,17H,2-6,9,12H2,1H3. The minimum Gasteiger partial charge on any atom is -0.491 e. The van der Waals surface area contributed by atoms with Gasteiger partial charge in [-0.15, -0.1) is 0 Å². The average Bonchev–Trinajstić information content (AvgIpc) is 2.81. The van der Waals surface area contributed by atoms with Crippen LogP contribution in [0.1, 0.15) is 45.4 Å². The molecule has 0 unspecified atom stereocenters. The Hall–Kier alpha value is -1.44. The molecule has 0 saturated heterocycles. The van der Waals surface area contributed by atoms with Gasteiger partial charge in [-0.2, -0.15) is 0 Å². The van der Waals surface area contributed by atoms with Gasteiger partial charge in [-0.25, -0.2) is 0 Å². The number of nitrogens with one attached hydrogen (secondary N) is 1. The molecule has 0 spiro atoms. The molecule has 1 N–H and O–H groups in total. The number of hydrogen-bond donors (Lipinski definition) is 1. The van der Waals surface area contributed by atoms with E-state index in [1.54, 1.807) is 0 Å². The van der Waals surface area contributed by atoms with Crippen molar-refractivity contribution in [3.05, 3.63) is 30.5 Å². The molecule has 0 fully saturated rings. The van der Waals surface area contributed by atoms with Crippen LogP contribution in [0.3, 0.4) is 0 Å². The first-order chi connectivity index (χ1) is 8.92. The van der Waals surface area contributed by atoms with Crippen LogP contribution in [0.25, 0.3) is 10.9 Å². The van der Waals surface area contributed by atoms with Crippen molar-refractivity contribution < 1.29 is 4.74 Å². The van der Waals surface area contributed by atoms with Crippen molar-refractivity contribution in [2.75, 3.05) is 6.61 Å². The maximum Gasteiger partial charge on any atom is 0.144 e. The Morgan fingerprint density at radius 2 is 1.78 bits per heavy atom. The van der Waals surface area contributed by atoms with E-state index in [4.69, 9.17) is 4.74 Å². The number of rotatable bonds is 8. The van der Waals surface area contributed by atoms with E-state index in [9.17, 15) is 0 Å². The van der Waals surface area contributed by atoms with Crippen molar-refractivity contribution in [3.8, 4) is 5.75 Å². The first kappa shape index (κ1) is 13.0. The Balaban J connectivity index is 1.70. The maximum atomic E-state index is 5.83. The third-order valence-corrected chi connectivity index (χ3v) is 3.31. The molecule has 2 heteroatoms. The second-order valence-electron chi connectivity index (χ2n) is 4.81. The number of benzene rings is 1. The molecule has 0 aliphatic heterocycles. The molecule has 1 heterocycles. The largest absolute Gasteiger partial charge is 0.491 e. The van der Waals surface area contributed by atoms with Crippen molar-refractivity contribution in [1.29, 1.82) is 0 Å². The summed E-state index contributed by atoms with van der Waals surface area (Å²) in [4.78, 5) is 3.23. The molecule has 2 aromatic rings. The normalized spacial score (nSPS) is 10.9. The van der Waals surface area contributed by atoms with E-state index < -0.39 is 0 Å². The van der Waals surface area contributed by atoms with E-state index in [1.165, 1.54) is 37.5 Å². The number of fused-ring (bicyclic) bond motifs is 1. The highest BCUT2D eigenvalue weighted by atomic mass is 16.5. The summed E-state index contributed by atoms with van der Waals surface area (Å²) in [5.41, 5.74) is 1.15. The molecular formula is C16H23NO. The second-order valence-corrected chi connectivity index (χ2v) is 4.81. The minimum absolute atomic E-state index is 0.827. The van der Waals surface area contributed by atoms with Gasteiger partial charge in [0.1, 0.15) is 5.75 Å². The van der Waals surface area contributed by atoms with Gasteiger partial charge < -0.3 is 9.72 Å². The minimum atomic E-state index is 0.827. The van der Waals surface area contributed by atoms with Gasteiger partial charge >= 0.3 is 0 Å². The number of hydrogen-bond acceptors (Lipinski definition) is 1. The van der Waals surface area contributed by atoms with Crippen LogP contribution in [-0.4, -0.2) is 11.6 Å². The van der Waals surface area contributed by atoms with Crippen molar-refractivity contribution >= 4 is 10.9 Å². The molecule has 2 rings (SSSR count). The van der Waals surface area contributed by atoms with Crippen LogP contribution in [0.5, 0.6) is 5.75 Å². The lowest BCUT2D eigenvalue weighted by molar-refractivity contribution is 0.308. The number of H-pyrrole nitrogens is 1. The summed E-state index contributed by atoms with van der Waals surface area (Å²) in [5, 5.41) is 1.18. The number of ether oxygens (including phenoxy) is 1. The molecular weight excluding hydrogens is 222 g/mol. The van der Waals surface area contributed by atoms with Crippen LogP contribution in [0.4, 0.5) is 0 Å². The maximum absolute atomic E-state index is 5.83. The molecule has 0 radical (unpaired) electrons. The zero-order chi connectivity index (χ0) is 12.6. The quantitative estimate of drug-likeness (QED) is 0.657. The second kappa shape index (κ2) is 7.10. The SMILES string of the molecule is CCCCCCCCOc1c[nH]c2ccccc12. The van der Waals surface area contributed by atoms with Crippen LogP contribution in [0.15, 0.2) is 30.5 Å². The highest BCUT2D eigenvalue weighted by molar-refractivity contribution is 5.85. The van der Waals surface area contributed by atoms with E-state index >= 15 is 0 Å². The van der Waals surface area contributed by atoms with E-state index in [-0.39, 0.29) is 0 Å². The average molecular weight is 245 g/mol. The van der Waals surface area contributed by atoms with Crippen molar-refractivity contribution in [1.82, 2.24) is 4.98 Å². The van der Waals surface area contributed by atoms with Crippen molar-refractivity contribution in [3.63, 3.8) is 0 Å². The highest BCUT2D eigenvalue weighted by Gasteiger charge is 2.02. The fourth-order valence-corrected chi connectivity index (χ4v) is 2.23. The predicted octanol–water partition coefficient (Wildman–Crippen LogP) is 4.91. The van der Waals surface area contributed by atoms with Gasteiger partial charge in [0.2, 0.25) is 0 Å². The third kappa shape index (κ3) is 3.52. The molecule has 1 aromatic heterocycles. The summed E-state index contributed by atoms with van der Waals surface area (Å²) in [7, 11) is 0. The van der Waals surface area contributed by atoms with Crippen LogP contribution < -0.4 is 4.74 Å². The van der Waals surface area contributed by atoms with Gasteiger partial charge in [-0.3, -0.25) is 0 Å². The van der Waals surface area contributed by atoms with E-state index in [0.717, 1.165) is 24.3 Å². The van der Waals surface area contributed by atoms with Gasteiger partial charge in [0, 0.05) is 17.1 Å². The lowest BCUT2D eigenvalue weighted by Gasteiger charge is -2.04. The van der Waals surface area contributed by atoms with Crippen LogP contribution in [-0.2, 0) is 0 Å². The summed E-state index contributed by atoms with van der Waals surface area (Å²) in [5.74, 6) is 0.985. The highest BCUT2D eigenvalue weighted by Crippen LogP contribution is 2.24. The Morgan fingerprint density at radius 3 is 2.67 bits per heavy atom. The van der Waals surface area contributed by atoms with Gasteiger partial charge in [0.15, 0.2) is 0 Å². The number of para-hydroxylation sites is 1. The Bertz CT molecular complexity index is 461. The topological polar surface area (TPSA) is 25.0 Å². The van der Waals surface area contributed by atoms with Crippen molar-refractivity contribution in [2.45, 2.75) is 45.4 Å². The van der Waals surface area contributed by atoms with E-state index in [2.05, 4.69) is 24.0 Å². The Kier molecular flexibility index (Phi) is 5.13. The molecule has 18 heavy (non-hydrogen) atoms. The fourth-order valence-electron chi connectivity index (χ4n) is 2.23. The number of aromatic nitrogens is 1. The molecule has 2 nitrogen and oxygen atoms in total. The predicted molar refractivity (Wildman–Crippen MR) is 77.2 cm³/mol. The smallest absolute Gasteiger partial charge is 0.144 e. The van der Waals surface area contributed by atoms with Crippen LogP contribution in [0, 0.1) is 0 Å². The Labute approximate surface area is 109 Å². The number of unbranched alkanes of at least 4 members (excludes halogenated alkanes) is 5. The van der Waals surface area contributed by atoms with Gasteiger partial charge in [0.05, 0.1) is 6.61 Å². The summed E-state index contributed by atoms with van der Waals surface area (Å²) < 4.78 is 5.83. The molecule has 1 aromatic carbocycles. The Morgan fingerprint density at radius 1 is 1.00 bits per heavy atom. The first-order valence-electron chi connectivity index (χ1n) is 7.10. The summed E-state index contributed by atoms with van der Waals surface area (Å²) in [6, 6.07) is 8.26. The lowest BCUT2D eigenvalue weighted by atomic mass is 10.1. The molecule has 0 saturated carbocycles. The zero-order valence-corrected chi connectivity index (χ0v) is 11.2. The zero-order valence-electron chi connectivity index (χ0n) is 11.2. The molecule has 0 amide bonds. The fraction of sp³-hybridized carbons (Fsp3) is 0.500. The first-order valence-corrected chi connectivity index (χ1v) is 7.10. The number of aromatic amines is 1. The van der Waals surface area contributed by atoms with Crippen molar-refractivity contribution in [2.24, 2.45) is 0 Å². The van der Waals surface area contributed by atoms with E-state index in [1.807, 2.05) is 18.3 Å². The third-order valence-electron chi connectivity index (χ3n) is 3.31. The van der Waals surface area contributed by atoms with Crippen LogP contribution in [0.2, 0.25) is 0 Å².